The molecule has 0 saturated carbocycles. The first-order valence-corrected chi connectivity index (χ1v) is 7.85. The second-order valence-corrected chi connectivity index (χ2v) is 6.72. The Balaban J connectivity index is 2.75. The van der Waals surface area contributed by atoms with Crippen LogP contribution in [0.2, 0.25) is 5.02 Å². The topological polar surface area (TPSA) is 101 Å². The van der Waals surface area contributed by atoms with Gasteiger partial charge in [-0.15, -0.1) is 0 Å². The Morgan fingerprint density at radius 2 is 1.85 bits per heavy atom. The molecule has 8 heteroatoms. The third-order valence-corrected chi connectivity index (χ3v) is 4.86. The molecule has 0 aliphatic heterocycles. The van der Waals surface area contributed by atoms with E-state index in [2.05, 4.69) is 5.32 Å². The van der Waals surface area contributed by atoms with E-state index in [-0.39, 0.29) is 6.42 Å². The number of carbonyl (C=O) groups excluding carboxylic acids is 1. The predicted octanol–water partition coefficient (Wildman–Crippen LogP) is 1.56. The lowest BCUT2D eigenvalue weighted by molar-refractivity contribution is -0.136. The number of anilines is 1. The molecule has 0 heterocycles. The Morgan fingerprint density at radius 1 is 1.30 bits per heavy atom. The summed E-state index contributed by atoms with van der Waals surface area (Å²) in [5.74, 6) is -3.11. The number of benzene rings is 1. The standard InChI is InChI=1S/C12H14ClNO5S/c1-2-10(12(16)17)20(18,19)7-11(15)14-9-5-3-8(13)4-6-9/h3-6,10H,2,7H2,1H3,(H,14,15)(H,16,17). The minimum absolute atomic E-state index is 0.0914. The largest absolute Gasteiger partial charge is 0.480 e. The fraction of sp³-hybridized carbons (Fsp3) is 0.333. The number of carboxylic acid groups (broad SMARTS) is 1. The Labute approximate surface area is 121 Å². The summed E-state index contributed by atoms with van der Waals surface area (Å²) in [6.45, 7) is 1.44. The summed E-state index contributed by atoms with van der Waals surface area (Å²) >= 11 is 5.68. The van der Waals surface area contributed by atoms with Crippen LogP contribution in [-0.4, -0.2) is 36.4 Å². The molecule has 0 spiro atoms. The van der Waals surface area contributed by atoms with E-state index < -0.39 is 32.7 Å². The smallest absolute Gasteiger partial charge is 0.321 e. The lowest BCUT2D eigenvalue weighted by Crippen LogP contribution is -2.35. The van der Waals surface area contributed by atoms with Gasteiger partial charge < -0.3 is 10.4 Å². The van der Waals surface area contributed by atoms with Gasteiger partial charge in [0.1, 0.15) is 5.75 Å². The molecule has 110 valence electrons. The number of sulfone groups is 1. The second-order valence-electron chi connectivity index (χ2n) is 4.10. The van der Waals surface area contributed by atoms with E-state index in [1.54, 1.807) is 0 Å². The van der Waals surface area contributed by atoms with Gasteiger partial charge in [-0.1, -0.05) is 18.5 Å². The molecule has 20 heavy (non-hydrogen) atoms. The summed E-state index contributed by atoms with van der Waals surface area (Å²) in [5, 5.41) is 10.1. The van der Waals surface area contributed by atoms with Gasteiger partial charge in [-0.05, 0) is 30.7 Å². The van der Waals surface area contributed by atoms with Crippen LogP contribution >= 0.6 is 11.6 Å². The minimum Gasteiger partial charge on any atom is -0.480 e. The number of rotatable bonds is 6. The van der Waals surface area contributed by atoms with E-state index >= 15 is 0 Å². The van der Waals surface area contributed by atoms with Gasteiger partial charge in [-0.3, -0.25) is 9.59 Å². The van der Waals surface area contributed by atoms with Gasteiger partial charge in [0.15, 0.2) is 15.1 Å². The summed E-state index contributed by atoms with van der Waals surface area (Å²) in [6, 6.07) is 6.11. The first kappa shape index (κ1) is 16.5. The van der Waals surface area contributed by atoms with E-state index in [4.69, 9.17) is 16.7 Å². The molecule has 1 amide bonds. The fourth-order valence-corrected chi connectivity index (χ4v) is 3.18. The third kappa shape index (κ3) is 4.50. The molecular weight excluding hydrogens is 306 g/mol. The van der Waals surface area contributed by atoms with E-state index in [1.165, 1.54) is 31.2 Å². The molecule has 1 unspecified atom stereocenters. The zero-order valence-corrected chi connectivity index (χ0v) is 12.2. The van der Waals surface area contributed by atoms with Crippen LogP contribution in [0.25, 0.3) is 0 Å². The second kappa shape index (κ2) is 6.71. The number of halogens is 1. The molecule has 0 saturated heterocycles. The van der Waals surface area contributed by atoms with Crippen LogP contribution < -0.4 is 5.32 Å². The first-order chi connectivity index (χ1) is 9.26. The van der Waals surface area contributed by atoms with Crippen molar-refractivity contribution in [1.82, 2.24) is 0 Å². The van der Waals surface area contributed by atoms with Crippen LogP contribution in [0.15, 0.2) is 24.3 Å². The van der Waals surface area contributed by atoms with Crippen molar-refractivity contribution in [1.29, 1.82) is 0 Å². The summed E-state index contributed by atoms with van der Waals surface area (Å²) in [7, 11) is -4.04. The first-order valence-electron chi connectivity index (χ1n) is 5.76. The van der Waals surface area contributed by atoms with Crippen molar-refractivity contribution in [3.63, 3.8) is 0 Å². The summed E-state index contributed by atoms with van der Waals surface area (Å²) in [4.78, 5) is 22.5. The van der Waals surface area contributed by atoms with Crippen molar-refractivity contribution in [3.8, 4) is 0 Å². The van der Waals surface area contributed by atoms with E-state index in [9.17, 15) is 18.0 Å². The lowest BCUT2D eigenvalue weighted by atomic mass is 10.3. The molecule has 1 atom stereocenters. The highest BCUT2D eigenvalue weighted by atomic mass is 35.5. The van der Waals surface area contributed by atoms with Crippen molar-refractivity contribution in [2.45, 2.75) is 18.6 Å². The van der Waals surface area contributed by atoms with Crippen molar-refractivity contribution < 1.29 is 23.1 Å². The van der Waals surface area contributed by atoms with Gasteiger partial charge >= 0.3 is 5.97 Å². The molecule has 6 nitrogen and oxygen atoms in total. The number of hydrogen-bond acceptors (Lipinski definition) is 4. The molecule has 0 fully saturated rings. The third-order valence-electron chi connectivity index (χ3n) is 2.54. The maximum atomic E-state index is 11.8. The van der Waals surface area contributed by atoms with Crippen LogP contribution in [-0.2, 0) is 19.4 Å². The average Bonchev–Trinajstić information content (AvgIpc) is 2.31. The van der Waals surface area contributed by atoms with Crippen LogP contribution in [0, 0.1) is 0 Å². The molecule has 1 aromatic carbocycles. The van der Waals surface area contributed by atoms with Gasteiger partial charge in [-0.25, -0.2) is 8.42 Å². The number of hydrogen-bond donors (Lipinski definition) is 2. The average molecular weight is 320 g/mol. The van der Waals surface area contributed by atoms with E-state index in [1.807, 2.05) is 0 Å². The monoisotopic (exact) mass is 319 g/mol. The Kier molecular flexibility index (Phi) is 5.52. The zero-order chi connectivity index (χ0) is 15.3. The molecule has 0 aliphatic carbocycles. The van der Waals surface area contributed by atoms with E-state index in [0.717, 1.165) is 0 Å². The van der Waals surface area contributed by atoms with Crippen molar-refractivity contribution in [2.24, 2.45) is 0 Å². The highest BCUT2D eigenvalue weighted by Crippen LogP contribution is 2.14. The minimum atomic E-state index is -4.04. The van der Waals surface area contributed by atoms with Gasteiger partial charge in [0, 0.05) is 10.7 Å². The molecule has 0 bridgehead atoms. The Morgan fingerprint density at radius 3 is 2.30 bits per heavy atom. The van der Waals surface area contributed by atoms with Gasteiger partial charge in [0.05, 0.1) is 0 Å². The number of amides is 1. The van der Waals surface area contributed by atoms with Crippen molar-refractivity contribution in [3.05, 3.63) is 29.3 Å². The molecule has 1 rings (SSSR count). The van der Waals surface area contributed by atoms with Gasteiger partial charge in [-0.2, -0.15) is 0 Å². The number of aliphatic carboxylic acids is 1. The normalized spacial score (nSPS) is 12.7. The summed E-state index contributed by atoms with van der Waals surface area (Å²) in [6.07, 6.45) is -0.0914. The predicted molar refractivity (Wildman–Crippen MR) is 75.6 cm³/mol. The molecule has 0 aromatic heterocycles. The highest BCUT2D eigenvalue weighted by molar-refractivity contribution is 7.93. The van der Waals surface area contributed by atoms with Gasteiger partial charge in [0.2, 0.25) is 5.91 Å². The summed E-state index contributed by atoms with van der Waals surface area (Å²) < 4.78 is 23.6. The van der Waals surface area contributed by atoms with E-state index in [0.29, 0.717) is 10.7 Å². The zero-order valence-electron chi connectivity index (χ0n) is 10.7. The molecule has 0 aliphatic rings. The van der Waals surface area contributed by atoms with Crippen LogP contribution in [0.3, 0.4) is 0 Å². The quantitative estimate of drug-likeness (QED) is 0.828. The highest BCUT2D eigenvalue weighted by Gasteiger charge is 2.32. The number of carbonyl (C=O) groups is 2. The lowest BCUT2D eigenvalue weighted by Gasteiger charge is -2.11. The molecular formula is C12H14ClNO5S. The number of carboxylic acids is 1. The van der Waals surface area contributed by atoms with Crippen LogP contribution in [0.4, 0.5) is 5.69 Å². The maximum absolute atomic E-state index is 11.8. The number of nitrogens with one attached hydrogen (secondary N) is 1. The Bertz CT molecular complexity index is 597. The molecule has 0 radical (unpaired) electrons. The molecule has 2 N–H and O–H groups in total. The SMILES string of the molecule is CCC(C(=O)O)S(=O)(=O)CC(=O)Nc1ccc(Cl)cc1. The van der Waals surface area contributed by atoms with Crippen LogP contribution in [0.1, 0.15) is 13.3 Å². The molecule has 1 aromatic rings. The fourth-order valence-electron chi connectivity index (χ4n) is 1.60. The van der Waals surface area contributed by atoms with Crippen molar-refractivity contribution in [2.75, 3.05) is 11.1 Å². The Hall–Kier alpha value is -1.60. The maximum Gasteiger partial charge on any atom is 0.321 e. The van der Waals surface area contributed by atoms with Crippen LogP contribution in [0.5, 0.6) is 0 Å². The van der Waals surface area contributed by atoms with Gasteiger partial charge in [0.25, 0.3) is 0 Å². The summed E-state index contributed by atoms with van der Waals surface area (Å²) in [5.41, 5.74) is 0.387. The van der Waals surface area contributed by atoms with Crippen molar-refractivity contribution >= 4 is 39.0 Å².